The van der Waals surface area contributed by atoms with Gasteiger partial charge in [-0.3, -0.25) is 0 Å². The van der Waals surface area contributed by atoms with Crippen molar-refractivity contribution in [3.8, 4) is 0 Å². The van der Waals surface area contributed by atoms with Crippen LogP contribution in [-0.4, -0.2) is 8.44 Å². The zero-order valence-corrected chi connectivity index (χ0v) is 11.3. The molecule has 0 saturated heterocycles. The minimum atomic E-state index is 0.248. The quantitative estimate of drug-likeness (QED) is 0.541. The lowest BCUT2D eigenvalue weighted by Crippen LogP contribution is -1.90. The number of halogens is 1. The smallest absolute Gasteiger partial charge is 0.0164 e. The molecule has 1 heteroatoms. The van der Waals surface area contributed by atoms with Crippen LogP contribution in [0.25, 0.3) is 5.57 Å². The summed E-state index contributed by atoms with van der Waals surface area (Å²) in [7, 11) is 0. The second-order valence-corrected chi connectivity index (χ2v) is 6.14. The van der Waals surface area contributed by atoms with Gasteiger partial charge in [-0.15, -0.1) is 20.7 Å². The first-order chi connectivity index (χ1) is 7.29. The molecule has 1 heterocycles. The molecule has 0 unspecified atom stereocenters. The second kappa shape index (κ2) is 4.88. The van der Waals surface area contributed by atoms with Gasteiger partial charge < -0.3 is 0 Å². The Kier molecular flexibility index (Phi) is 3.52. The van der Waals surface area contributed by atoms with E-state index in [0.29, 0.717) is 0 Å². The molecule has 0 aliphatic carbocycles. The maximum Gasteiger partial charge on any atom is 0.0164 e. The molecule has 0 spiro atoms. The van der Waals surface area contributed by atoms with Crippen LogP contribution in [0, 0.1) is 6.92 Å². The summed E-state index contributed by atoms with van der Waals surface area (Å²) in [5, 5.41) is 0. The van der Waals surface area contributed by atoms with Crippen LogP contribution in [0.3, 0.4) is 0 Å². The largest absolute Gasteiger partial charge is 0.118 e. The van der Waals surface area contributed by atoms with E-state index < -0.39 is 0 Å². The van der Waals surface area contributed by atoms with Crippen molar-refractivity contribution in [2.75, 3.05) is 4.43 Å². The van der Waals surface area contributed by atoms with E-state index in [1.807, 2.05) is 0 Å². The number of benzene rings is 1. The SMILES string of the molecule is CC1=C(c2ccccc2C)C=CC=IC1. The molecule has 0 N–H and O–H groups in total. The van der Waals surface area contributed by atoms with Gasteiger partial charge in [0, 0.05) is 4.43 Å². The third-order valence-electron chi connectivity index (χ3n) is 2.60. The molecule has 1 aromatic rings. The highest BCUT2D eigenvalue weighted by molar-refractivity contribution is 14.2. The van der Waals surface area contributed by atoms with Gasteiger partial charge in [0.25, 0.3) is 0 Å². The fraction of sp³-hybridized carbons (Fsp3) is 0.214. The molecule has 0 radical (unpaired) electrons. The molecule has 0 saturated carbocycles. The maximum atomic E-state index is 2.35. The van der Waals surface area contributed by atoms with Crippen LogP contribution in [-0.2, 0) is 0 Å². The fourth-order valence-electron chi connectivity index (χ4n) is 1.75. The molecular weight excluding hydrogens is 295 g/mol. The van der Waals surface area contributed by atoms with Crippen molar-refractivity contribution in [2.24, 2.45) is 0 Å². The Bertz CT molecular complexity index is 450. The van der Waals surface area contributed by atoms with Gasteiger partial charge in [-0.05, 0) is 34.6 Å². The summed E-state index contributed by atoms with van der Waals surface area (Å²) in [6.45, 7) is 4.46. The van der Waals surface area contributed by atoms with E-state index in [2.05, 4.69) is 54.3 Å². The molecule has 2 rings (SSSR count). The van der Waals surface area contributed by atoms with Gasteiger partial charge in [0.1, 0.15) is 0 Å². The van der Waals surface area contributed by atoms with E-state index in [0.717, 1.165) is 0 Å². The zero-order valence-electron chi connectivity index (χ0n) is 9.13. The van der Waals surface area contributed by atoms with Crippen molar-refractivity contribution in [1.29, 1.82) is 0 Å². The zero-order chi connectivity index (χ0) is 10.7. The van der Waals surface area contributed by atoms with Crippen LogP contribution in [0.2, 0.25) is 0 Å². The van der Waals surface area contributed by atoms with Gasteiger partial charge >= 0.3 is 0 Å². The number of allylic oxidation sites excluding steroid dienone is 4. The molecule has 78 valence electrons. The Morgan fingerprint density at radius 1 is 1.13 bits per heavy atom. The number of aryl methyl sites for hydroxylation is 1. The van der Waals surface area contributed by atoms with Crippen LogP contribution in [0.15, 0.2) is 42.0 Å². The van der Waals surface area contributed by atoms with Crippen molar-refractivity contribution in [1.82, 2.24) is 0 Å². The summed E-state index contributed by atoms with van der Waals surface area (Å²) in [5.41, 5.74) is 5.74. The maximum absolute atomic E-state index is 2.35. The molecule has 0 aromatic heterocycles. The van der Waals surface area contributed by atoms with Crippen LogP contribution < -0.4 is 0 Å². The monoisotopic (exact) mass is 310 g/mol. The van der Waals surface area contributed by atoms with Crippen molar-refractivity contribution in [3.05, 3.63) is 53.1 Å². The Morgan fingerprint density at radius 3 is 2.73 bits per heavy atom. The van der Waals surface area contributed by atoms with E-state index in [1.54, 1.807) is 5.57 Å². The number of hydrogen-bond donors (Lipinski definition) is 0. The lowest BCUT2D eigenvalue weighted by molar-refractivity contribution is 1.38. The molecule has 0 amide bonds. The number of hydrogen-bond acceptors (Lipinski definition) is 0. The topological polar surface area (TPSA) is 0 Å². The number of rotatable bonds is 1. The molecule has 0 bridgehead atoms. The molecule has 1 aliphatic heterocycles. The van der Waals surface area contributed by atoms with E-state index in [1.165, 1.54) is 21.1 Å². The molecule has 0 fully saturated rings. The third-order valence-corrected chi connectivity index (χ3v) is 5.11. The molecule has 1 aliphatic rings. The average molecular weight is 310 g/mol. The van der Waals surface area contributed by atoms with Gasteiger partial charge in [0.05, 0.1) is 0 Å². The summed E-state index contributed by atoms with van der Waals surface area (Å²) < 4.78 is 3.64. The lowest BCUT2D eigenvalue weighted by Gasteiger charge is -2.09. The van der Waals surface area contributed by atoms with Crippen LogP contribution >= 0.6 is 20.7 Å². The Morgan fingerprint density at radius 2 is 1.93 bits per heavy atom. The van der Waals surface area contributed by atoms with Gasteiger partial charge in [0.15, 0.2) is 0 Å². The lowest BCUT2D eigenvalue weighted by atomic mass is 9.97. The van der Waals surface area contributed by atoms with Gasteiger partial charge in [-0.2, -0.15) is 0 Å². The minimum Gasteiger partial charge on any atom is -0.118 e. The van der Waals surface area contributed by atoms with E-state index >= 15 is 0 Å². The van der Waals surface area contributed by atoms with E-state index in [4.69, 9.17) is 0 Å². The highest BCUT2D eigenvalue weighted by atomic mass is 127. The molecular formula is C14H15I. The van der Waals surface area contributed by atoms with E-state index in [-0.39, 0.29) is 20.7 Å². The summed E-state index contributed by atoms with van der Waals surface area (Å²) in [4.78, 5) is 0. The molecule has 0 atom stereocenters. The predicted molar refractivity (Wildman–Crippen MR) is 77.9 cm³/mol. The molecule has 1 aromatic carbocycles. The van der Waals surface area contributed by atoms with Crippen LogP contribution in [0.1, 0.15) is 18.1 Å². The third kappa shape index (κ3) is 2.46. The predicted octanol–water partition coefficient (Wildman–Crippen LogP) is 4.11. The summed E-state index contributed by atoms with van der Waals surface area (Å²) in [6, 6.07) is 8.64. The van der Waals surface area contributed by atoms with Gasteiger partial charge in [0.2, 0.25) is 0 Å². The van der Waals surface area contributed by atoms with Crippen molar-refractivity contribution in [2.45, 2.75) is 13.8 Å². The minimum absolute atomic E-state index is 0.248. The Hall–Kier alpha value is -0.700. The van der Waals surface area contributed by atoms with E-state index in [9.17, 15) is 0 Å². The summed E-state index contributed by atoms with van der Waals surface area (Å²) in [6.07, 6.45) is 4.50. The van der Waals surface area contributed by atoms with Crippen LogP contribution in [0.5, 0.6) is 0 Å². The fourth-order valence-corrected chi connectivity index (χ4v) is 3.58. The normalized spacial score (nSPS) is 16.1. The summed E-state index contributed by atoms with van der Waals surface area (Å²) in [5.74, 6) is 0. The second-order valence-electron chi connectivity index (χ2n) is 3.78. The standard InChI is InChI=1S/C14H15I/c1-11-6-3-4-7-13(11)14-8-5-9-15-10-12(14)2/h3-9H,10H2,1-2H3. The Labute approximate surface area is 101 Å². The Balaban J connectivity index is 2.51. The van der Waals surface area contributed by atoms with Gasteiger partial charge in [-0.1, -0.05) is 42.0 Å². The first-order valence-corrected chi connectivity index (χ1v) is 7.89. The average Bonchev–Trinajstić information content (AvgIpc) is 2.44. The molecule has 15 heavy (non-hydrogen) atoms. The van der Waals surface area contributed by atoms with Crippen molar-refractivity contribution < 1.29 is 0 Å². The highest BCUT2D eigenvalue weighted by Gasteiger charge is 2.05. The first kappa shape index (κ1) is 10.8. The summed E-state index contributed by atoms with van der Waals surface area (Å²) >= 11 is 0.248. The van der Waals surface area contributed by atoms with Gasteiger partial charge in [-0.25, -0.2) is 0 Å². The number of alkyl halides is 1. The molecule has 0 nitrogen and oxygen atoms in total. The highest BCUT2D eigenvalue weighted by Crippen LogP contribution is 2.26. The van der Waals surface area contributed by atoms with Crippen LogP contribution in [0.4, 0.5) is 0 Å². The van der Waals surface area contributed by atoms with Crippen molar-refractivity contribution >= 4 is 30.3 Å². The first-order valence-electron chi connectivity index (χ1n) is 5.12. The van der Waals surface area contributed by atoms with Crippen molar-refractivity contribution in [3.63, 3.8) is 0 Å².